The number of nitrogens with one attached hydrogen (secondary N) is 1. The number of carbonyl (C=O) groups excluding carboxylic acids is 1. The number of carbonyl (C=O) groups is 1. The van der Waals surface area contributed by atoms with Gasteiger partial charge in [0.05, 0.1) is 23.4 Å². The van der Waals surface area contributed by atoms with Gasteiger partial charge in [-0.2, -0.15) is 5.10 Å². The molecule has 31 heavy (non-hydrogen) atoms. The molecule has 1 unspecified atom stereocenters. The average Bonchev–Trinajstić information content (AvgIpc) is 3.10. The first-order chi connectivity index (χ1) is 14.7. The number of rotatable bonds is 4. The minimum Gasteiger partial charge on any atom is -0.393 e. The molecule has 0 bridgehead atoms. The zero-order valence-corrected chi connectivity index (χ0v) is 19.5. The van der Waals surface area contributed by atoms with Crippen molar-refractivity contribution in [2.45, 2.75) is 89.9 Å². The topological polar surface area (TPSA) is 70.4 Å². The van der Waals surface area contributed by atoms with Crippen LogP contribution in [0.2, 0.25) is 0 Å². The van der Waals surface area contributed by atoms with Crippen LogP contribution in [0.4, 0.5) is 5.82 Å². The van der Waals surface area contributed by atoms with Gasteiger partial charge in [0.25, 0.3) is 5.91 Å². The van der Waals surface area contributed by atoms with Crippen LogP contribution in [-0.4, -0.2) is 43.9 Å². The van der Waals surface area contributed by atoms with Crippen LogP contribution in [0.3, 0.4) is 0 Å². The maximum Gasteiger partial charge on any atom is 0.259 e. The number of amides is 1. The van der Waals surface area contributed by atoms with Crippen molar-refractivity contribution in [3.8, 4) is 0 Å². The van der Waals surface area contributed by atoms with E-state index in [2.05, 4.69) is 57.3 Å². The Balaban J connectivity index is 1.76. The van der Waals surface area contributed by atoms with Crippen molar-refractivity contribution in [1.29, 1.82) is 0 Å². The van der Waals surface area contributed by atoms with E-state index in [9.17, 15) is 9.90 Å². The molecule has 2 atom stereocenters. The van der Waals surface area contributed by atoms with E-state index in [4.69, 9.17) is 5.10 Å². The molecule has 1 fully saturated rings. The molecule has 168 valence electrons. The number of nitrogens with zero attached hydrogens (tertiary/aromatic N) is 3. The van der Waals surface area contributed by atoms with Gasteiger partial charge >= 0.3 is 0 Å². The third-order valence-corrected chi connectivity index (χ3v) is 7.50. The molecule has 0 saturated carbocycles. The highest BCUT2D eigenvalue weighted by Gasteiger charge is 2.45. The highest BCUT2D eigenvalue weighted by molar-refractivity contribution is 6.00. The van der Waals surface area contributed by atoms with Crippen LogP contribution in [0.15, 0.2) is 30.3 Å². The number of likely N-dealkylation sites (tertiary alicyclic amines) is 1. The SMILES string of the molecule is CCC1(CC)CC(O)CCN1C(=O)c1c(C)nn2c1N[C@@H](c1ccccc1)CC2(C)C. The van der Waals surface area contributed by atoms with E-state index in [1.54, 1.807) is 0 Å². The maximum atomic E-state index is 14.0. The largest absolute Gasteiger partial charge is 0.393 e. The third-order valence-electron chi connectivity index (χ3n) is 7.50. The summed E-state index contributed by atoms with van der Waals surface area (Å²) < 4.78 is 2.01. The summed E-state index contributed by atoms with van der Waals surface area (Å²) in [6.45, 7) is 11.1. The van der Waals surface area contributed by atoms with Crippen molar-refractivity contribution in [2.24, 2.45) is 0 Å². The number of anilines is 1. The Morgan fingerprint density at radius 2 is 1.87 bits per heavy atom. The second-order valence-electron chi connectivity index (χ2n) is 9.88. The van der Waals surface area contributed by atoms with Crippen molar-refractivity contribution < 1.29 is 9.90 Å². The molecular formula is C25H36N4O2. The number of hydrogen-bond acceptors (Lipinski definition) is 4. The Morgan fingerprint density at radius 1 is 1.19 bits per heavy atom. The number of hydrogen-bond donors (Lipinski definition) is 2. The second-order valence-corrected chi connectivity index (χ2v) is 9.88. The summed E-state index contributed by atoms with van der Waals surface area (Å²) in [6, 6.07) is 10.5. The lowest BCUT2D eigenvalue weighted by molar-refractivity contribution is -0.0157. The van der Waals surface area contributed by atoms with Crippen molar-refractivity contribution in [1.82, 2.24) is 14.7 Å². The molecular weight excluding hydrogens is 388 g/mol. The monoisotopic (exact) mass is 424 g/mol. The van der Waals surface area contributed by atoms with Gasteiger partial charge in [0.15, 0.2) is 0 Å². The zero-order chi connectivity index (χ0) is 22.4. The molecule has 1 aromatic heterocycles. The van der Waals surface area contributed by atoms with E-state index in [0.717, 1.165) is 30.8 Å². The van der Waals surface area contributed by atoms with Crippen LogP contribution < -0.4 is 5.32 Å². The molecule has 2 aliphatic heterocycles. The summed E-state index contributed by atoms with van der Waals surface area (Å²) in [4.78, 5) is 16.0. The average molecular weight is 425 g/mol. The highest BCUT2D eigenvalue weighted by Crippen LogP contribution is 2.43. The normalized spacial score (nSPS) is 24.4. The predicted molar refractivity (Wildman–Crippen MR) is 123 cm³/mol. The molecule has 2 aliphatic rings. The standard InChI is InChI=1S/C25H36N4O2/c1-6-25(7-2)15-19(30)13-14-28(25)23(31)21-17(3)27-29-22(21)26-20(16-24(29,4)5)18-11-9-8-10-12-18/h8-12,19-20,26,30H,6-7,13-16H2,1-5H3/t19?,20-/m1/s1. The van der Waals surface area contributed by atoms with Gasteiger partial charge < -0.3 is 15.3 Å². The molecule has 1 amide bonds. The zero-order valence-electron chi connectivity index (χ0n) is 19.5. The molecule has 2 aromatic rings. The van der Waals surface area contributed by atoms with Gasteiger partial charge in [0.1, 0.15) is 11.4 Å². The fourth-order valence-corrected chi connectivity index (χ4v) is 5.58. The van der Waals surface area contributed by atoms with Gasteiger partial charge in [-0.05, 0) is 58.4 Å². The predicted octanol–water partition coefficient (Wildman–Crippen LogP) is 4.64. The smallest absolute Gasteiger partial charge is 0.259 e. The molecule has 0 aliphatic carbocycles. The number of aryl methyl sites for hydroxylation is 1. The van der Waals surface area contributed by atoms with Crippen LogP contribution in [-0.2, 0) is 5.54 Å². The minimum atomic E-state index is -0.342. The number of benzene rings is 1. The summed E-state index contributed by atoms with van der Waals surface area (Å²) in [5.41, 5.74) is 2.14. The number of aliphatic hydroxyl groups excluding tert-OH is 1. The van der Waals surface area contributed by atoms with E-state index in [-0.39, 0.29) is 29.1 Å². The molecule has 6 nitrogen and oxygen atoms in total. The van der Waals surface area contributed by atoms with E-state index in [1.165, 1.54) is 5.56 Å². The number of fused-ring (bicyclic) bond motifs is 1. The molecule has 2 N–H and O–H groups in total. The molecule has 0 radical (unpaired) electrons. The van der Waals surface area contributed by atoms with Crippen molar-refractivity contribution in [3.05, 3.63) is 47.2 Å². The van der Waals surface area contributed by atoms with Gasteiger partial charge in [-0.25, -0.2) is 4.68 Å². The summed E-state index contributed by atoms with van der Waals surface area (Å²) in [7, 11) is 0. The quantitative estimate of drug-likeness (QED) is 0.750. The van der Waals surface area contributed by atoms with Crippen LogP contribution >= 0.6 is 0 Å². The van der Waals surface area contributed by atoms with Gasteiger partial charge in [-0.3, -0.25) is 4.79 Å². The number of aromatic nitrogens is 2. The Hall–Kier alpha value is -2.34. The second kappa shape index (κ2) is 7.97. The Kier molecular flexibility index (Phi) is 5.63. The van der Waals surface area contributed by atoms with Crippen LogP contribution in [0.5, 0.6) is 0 Å². The molecule has 1 aromatic carbocycles. The molecule has 0 spiro atoms. The maximum absolute atomic E-state index is 14.0. The van der Waals surface area contributed by atoms with E-state index in [0.29, 0.717) is 24.9 Å². The van der Waals surface area contributed by atoms with Gasteiger partial charge in [-0.1, -0.05) is 44.2 Å². The summed E-state index contributed by atoms with van der Waals surface area (Å²) in [5.74, 6) is 0.853. The first kappa shape index (κ1) is 21.9. The minimum absolute atomic E-state index is 0.0337. The van der Waals surface area contributed by atoms with E-state index < -0.39 is 0 Å². The highest BCUT2D eigenvalue weighted by atomic mass is 16.3. The molecule has 4 rings (SSSR count). The van der Waals surface area contributed by atoms with Crippen LogP contribution in [0.1, 0.15) is 87.5 Å². The fourth-order valence-electron chi connectivity index (χ4n) is 5.58. The van der Waals surface area contributed by atoms with Crippen LogP contribution in [0.25, 0.3) is 0 Å². The molecule has 6 heteroatoms. The fraction of sp³-hybridized carbons (Fsp3) is 0.600. The first-order valence-corrected chi connectivity index (χ1v) is 11.6. The number of piperidine rings is 1. The summed E-state index contributed by atoms with van der Waals surface area (Å²) >= 11 is 0. The van der Waals surface area contributed by atoms with E-state index >= 15 is 0 Å². The number of aliphatic hydroxyl groups is 1. The van der Waals surface area contributed by atoms with Crippen molar-refractivity contribution in [2.75, 3.05) is 11.9 Å². The molecule has 1 saturated heterocycles. The van der Waals surface area contributed by atoms with Crippen molar-refractivity contribution in [3.63, 3.8) is 0 Å². The lowest BCUT2D eigenvalue weighted by Crippen LogP contribution is -2.57. The lowest BCUT2D eigenvalue weighted by atomic mass is 9.80. The Bertz CT molecular complexity index is 946. The Morgan fingerprint density at radius 3 is 2.52 bits per heavy atom. The van der Waals surface area contributed by atoms with Gasteiger partial charge in [-0.15, -0.1) is 0 Å². The van der Waals surface area contributed by atoms with Gasteiger partial charge in [0.2, 0.25) is 0 Å². The molecule has 3 heterocycles. The first-order valence-electron chi connectivity index (χ1n) is 11.6. The Labute approximate surface area is 185 Å². The third kappa shape index (κ3) is 3.65. The van der Waals surface area contributed by atoms with Gasteiger partial charge in [0, 0.05) is 12.1 Å². The lowest BCUT2D eigenvalue weighted by Gasteiger charge is -2.48. The van der Waals surface area contributed by atoms with Crippen molar-refractivity contribution >= 4 is 11.7 Å². The van der Waals surface area contributed by atoms with Crippen LogP contribution in [0, 0.1) is 6.92 Å². The van der Waals surface area contributed by atoms with E-state index in [1.807, 2.05) is 22.6 Å². The summed E-state index contributed by atoms with van der Waals surface area (Å²) in [6.07, 6.45) is 3.48. The summed E-state index contributed by atoms with van der Waals surface area (Å²) in [5, 5.41) is 18.8.